The lowest BCUT2D eigenvalue weighted by Crippen LogP contribution is -2.44. The minimum absolute atomic E-state index is 0.0653. The van der Waals surface area contributed by atoms with Crippen LogP contribution in [0, 0.1) is 5.41 Å². The van der Waals surface area contributed by atoms with Crippen LogP contribution in [-0.4, -0.2) is 29.6 Å². The van der Waals surface area contributed by atoms with Crippen molar-refractivity contribution >= 4 is 11.9 Å². The zero-order valence-electron chi connectivity index (χ0n) is 12.1. The number of hydrogen-bond donors (Lipinski definition) is 2. The molecule has 1 unspecified atom stereocenters. The number of carboxylic acid groups (broad SMARTS) is 1. The van der Waals surface area contributed by atoms with E-state index in [0.717, 1.165) is 0 Å². The third-order valence-corrected chi connectivity index (χ3v) is 2.97. The van der Waals surface area contributed by atoms with Gasteiger partial charge in [0.1, 0.15) is 5.75 Å². The van der Waals surface area contributed by atoms with E-state index in [2.05, 4.69) is 5.32 Å². The smallest absolute Gasteiger partial charge is 0.310 e. The molecule has 0 aromatic heterocycles. The fraction of sp³-hybridized carbons (Fsp3) is 0.467. The first-order valence-corrected chi connectivity index (χ1v) is 6.59. The molecule has 0 saturated carbocycles. The fourth-order valence-corrected chi connectivity index (χ4v) is 1.48. The molecule has 5 heteroatoms. The standard InChI is InChI=1S/C15H21NO4/c1-4-12(20-11-8-6-5-7-9-11)13(17)16-10-15(2,3)14(18)19/h5-9,12H,4,10H2,1-3H3,(H,16,17)(H,18,19). The molecule has 0 aliphatic carbocycles. The summed E-state index contributed by atoms with van der Waals surface area (Å²) in [5.74, 6) is -0.632. The van der Waals surface area contributed by atoms with Crippen LogP contribution in [0.15, 0.2) is 30.3 Å². The highest BCUT2D eigenvalue weighted by Crippen LogP contribution is 2.15. The van der Waals surface area contributed by atoms with Crippen molar-refractivity contribution in [1.29, 1.82) is 0 Å². The van der Waals surface area contributed by atoms with Crippen LogP contribution in [0.1, 0.15) is 27.2 Å². The van der Waals surface area contributed by atoms with Crippen molar-refractivity contribution in [2.75, 3.05) is 6.54 Å². The first-order valence-electron chi connectivity index (χ1n) is 6.59. The van der Waals surface area contributed by atoms with E-state index < -0.39 is 17.5 Å². The van der Waals surface area contributed by atoms with Crippen molar-refractivity contribution in [3.8, 4) is 5.75 Å². The first-order chi connectivity index (χ1) is 9.36. The Kier molecular flexibility index (Phi) is 5.55. The van der Waals surface area contributed by atoms with E-state index in [1.54, 1.807) is 26.0 Å². The van der Waals surface area contributed by atoms with Crippen LogP contribution in [0.5, 0.6) is 5.75 Å². The van der Waals surface area contributed by atoms with Gasteiger partial charge in [0.2, 0.25) is 0 Å². The molecule has 1 rings (SSSR count). The van der Waals surface area contributed by atoms with Gasteiger partial charge in [-0.05, 0) is 32.4 Å². The average Bonchev–Trinajstić information content (AvgIpc) is 2.43. The third-order valence-electron chi connectivity index (χ3n) is 2.97. The largest absolute Gasteiger partial charge is 0.481 e. The van der Waals surface area contributed by atoms with Crippen molar-refractivity contribution in [3.63, 3.8) is 0 Å². The summed E-state index contributed by atoms with van der Waals surface area (Å²) in [5, 5.41) is 11.6. The molecular weight excluding hydrogens is 258 g/mol. The SMILES string of the molecule is CCC(Oc1ccccc1)C(=O)NCC(C)(C)C(=O)O. The summed E-state index contributed by atoms with van der Waals surface area (Å²) >= 11 is 0. The number of carboxylic acids is 1. The minimum atomic E-state index is -0.999. The summed E-state index contributed by atoms with van der Waals surface area (Å²) in [4.78, 5) is 23.0. The molecule has 0 heterocycles. The molecule has 0 fully saturated rings. The summed E-state index contributed by atoms with van der Waals surface area (Å²) in [5.41, 5.74) is -0.999. The van der Waals surface area contributed by atoms with Crippen molar-refractivity contribution in [1.82, 2.24) is 5.32 Å². The molecule has 1 aromatic rings. The van der Waals surface area contributed by atoms with E-state index in [1.807, 2.05) is 25.1 Å². The number of aliphatic carboxylic acids is 1. The Morgan fingerprint density at radius 3 is 2.40 bits per heavy atom. The molecule has 0 bridgehead atoms. The van der Waals surface area contributed by atoms with Crippen LogP contribution in [0.25, 0.3) is 0 Å². The van der Waals surface area contributed by atoms with Crippen LogP contribution in [0.4, 0.5) is 0 Å². The van der Waals surface area contributed by atoms with Gasteiger partial charge in [-0.15, -0.1) is 0 Å². The Bertz CT molecular complexity index is 456. The number of benzene rings is 1. The van der Waals surface area contributed by atoms with Gasteiger partial charge in [-0.3, -0.25) is 9.59 Å². The maximum atomic E-state index is 12.0. The van der Waals surface area contributed by atoms with Crippen molar-refractivity contribution in [3.05, 3.63) is 30.3 Å². The maximum absolute atomic E-state index is 12.0. The maximum Gasteiger partial charge on any atom is 0.310 e. The molecule has 0 aliphatic rings. The lowest BCUT2D eigenvalue weighted by Gasteiger charge is -2.22. The Morgan fingerprint density at radius 1 is 1.30 bits per heavy atom. The molecule has 5 nitrogen and oxygen atoms in total. The molecule has 1 atom stereocenters. The monoisotopic (exact) mass is 279 g/mol. The summed E-state index contributed by atoms with van der Waals surface area (Å²) in [6.45, 7) is 5.04. The summed E-state index contributed by atoms with van der Waals surface area (Å²) < 4.78 is 5.59. The van der Waals surface area contributed by atoms with E-state index in [0.29, 0.717) is 12.2 Å². The van der Waals surface area contributed by atoms with Gasteiger partial charge in [-0.25, -0.2) is 0 Å². The van der Waals surface area contributed by atoms with E-state index in [-0.39, 0.29) is 12.5 Å². The number of carbonyl (C=O) groups excluding carboxylic acids is 1. The predicted molar refractivity (Wildman–Crippen MR) is 75.6 cm³/mol. The predicted octanol–water partition coefficient (Wildman–Crippen LogP) is 2.07. The molecule has 20 heavy (non-hydrogen) atoms. The Labute approximate surface area is 118 Å². The Morgan fingerprint density at radius 2 is 1.90 bits per heavy atom. The van der Waals surface area contributed by atoms with Gasteiger partial charge >= 0.3 is 5.97 Å². The van der Waals surface area contributed by atoms with Crippen LogP contribution < -0.4 is 10.1 Å². The summed E-state index contributed by atoms with van der Waals surface area (Å²) in [7, 11) is 0. The second kappa shape index (κ2) is 6.93. The molecule has 0 saturated heterocycles. The van der Waals surface area contributed by atoms with Gasteiger partial charge in [-0.2, -0.15) is 0 Å². The number of amides is 1. The highest BCUT2D eigenvalue weighted by atomic mass is 16.5. The second-order valence-electron chi connectivity index (χ2n) is 5.23. The van der Waals surface area contributed by atoms with Crippen LogP contribution in [0.2, 0.25) is 0 Å². The average molecular weight is 279 g/mol. The molecular formula is C15H21NO4. The van der Waals surface area contributed by atoms with Gasteiger partial charge < -0.3 is 15.2 Å². The van der Waals surface area contributed by atoms with Crippen LogP contribution in [-0.2, 0) is 9.59 Å². The summed E-state index contributed by atoms with van der Waals surface area (Å²) in [6, 6.07) is 9.07. The number of para-hydroxylation sites is 1. The van der Waals surface area contributed by atoms with Gasteiger partial charge in [0.05, 0.1) is 5.41 Å². The van der Waals surface area contributed by atoms with Gasteiger partial charge in [0.25, 0.3) is 5.91 Å². The second-order valence-corrected chi connectivity index (χ2v) is 5.23. The molecule has 0 radical (unpaired) electrons. The zero-order chi connectivity index (χ0) is 15.2. The molecule has 2 N–H and O–H groups in total. The van der Waals surface area contributed by atoms with E-state index in [1.165, 1.54) is 0 Å². The van der Waals surface area contributed by atoms with Crippen molar-refractivity contribution in [2.45, 2.75) is 33.3 Å². The molecule has 110 valence electrons. The molecule has 1 amide bonds. The van der Waals surface area contributed by atoms with Crippen molar-refractivity contribution < 1.29 is 19.4 Å². The number of ether oxygens (including phenoxy) is 1. The Hall–Kier alpha value is -2.04. The third kappa shape index (κ3) is 4.57. The van der Waals surface area contributed by atoms with Gasteiger partial charge in [0, 0.05) is 6.54 Å². The first kappa shape index (κ1) is 16.0. The zero-order valence-corrected chi connectivity index (χ0v) is 12.1. The highest BCUT2D eigenvalue weighted by Gasteiger charge is 2.29. The fourth-order valence-electron chi connectivity index (χ4n) is 1.48. The number of nitrogens with one attached hydrogen (secondary N) is 1. The quantitative estimate of drug-likeness (QED) is 0.801. The number of rotatable bonds is 7. The molecule has 1 aromatic carbocycles. The normalized spacial score (nSPS) is 12.6. The van der Waals surface area contributed by atoms with Gasteiger partial charge in [-0.1, -0.05) is 25.1 Å². The van der Waals surface area contributed by atoms with Gasteiger partial charge in [0.15, 0.2) is 6.10 Å². The summed E-state index contributed by atoms with van der Waals surface area (Å²) in [6.07, 6.45) is -0.115. The minimum Gasteiger partial charge on any atom is -0.481 e. The van der Waals surface area contributed by atoms with E-state index in [4.69, 9.17) is 9.84 Å². The topological polar surface area (TPSA) is 75.6 Å². The van der Waals surface area contributed by atoms with E-state index in [9.17, 15) is 9.59 Å². The van der Waals surface area contributed by atoms with Crippen LogP contribution >= 0.6 is 0 Å². The van der Waals surface area contributed by atoms with Crippen LogP contribution in [0.3, 0.4) is 0 Å². The number of hydrogen-bond acceptors (Lipinski definition) is 3. The molecule has 0 spiro atoms. The van der Waals surface area contributed by atoms with E-state index >= 15 is 0 Å². The highest BCUT2D eigenvalue weighted by molar-refractivity contribution is 5.82. The molecule has 0 aliphatic heterocycles. The number of carbonyl (C=O) groups is 2. The van der Waals surface area contributed by atoms with Crippen molar-refractivity contribution in [2.24, 2.45) is 5.41 Å². The lowest BCUT2D eigenvalue weighted by molar-refractivity contribution is -0.147. The Balaban J connectivity index is 2.58. The lowest BCUT2D eigenvalue weighted by atomic mass is 9.94.